The monoisotopic (exact) mass is 539 g/mol. The first-order valence-electron chi connectivity index (χ1n) is 13.6. The number of carbonyl (C=O) groups is 3. The Morgan fingerprint density at radius 3 is 2.33 bits per heavy atom. The lowest BCUT2D eigenvalue weighted by atomic mass is 9.51. The van der Waals surface area contributed by atoms with E-state index in [0.717, 1.165) is 25.9 Å². The molecule has 1 aliphatic heterocycles. The van der Waals surface area contributed by atoms with Gasteiger partial charge in [-0.1, -0.05) is 32.4 Å². The Morgan fingerprint density at radius 2 is 1.74 bits per heavy atom. The van der Waals surface area contributed by atoms with Gasteiger partial charge in [-0.05, 0) is 57.4 Å². The van der Waals surface area contributed by atoms with Crippen LogP contribution in [0.3, 0.4) is 0 Å². The lowest BCUT2D eigenvalue weighted by molar-refractivity contribution is -0.160. The molecular weight excluding hydrogens is 502 g/mol. The van der Waals surface area contributed by atoms with Crippen molar-refractivity contribution in [3.8, 4) is 5.75 Å². The number of aliphatic hydroxyl groups is 3. The third kappa shape index (κ3) is 3.76. The summed E-state index contributed by atoms with van der Waals surface area (Å²) in [5, 5.41) is 45.9. The molecular formula is C29H37N3O7. The van der Waals surface area contributed by atoms with Crippen LogP contribution in [0.25, 0.3) is 5.76 Å². The van der Waals surface area contributed by atoms with Gasteiger partial charge in [-0.3, -0.25) is 24.2 Å². The molecule has 10 heteroatoms. The maximum Gasteiger partial charge on any atom is 0.255 e. The first-order valence-corrected chi connectivity index (χ1v) is 13.6. The van der Waals surface area contributed by atoms with Crippen LogP contribution in [0.5, 0.6) is 5.75 Å². The first-order chi connectivity index (χ1) is 18.3. The summed E-state index contributed by atoms with van der Waals surface area (Å²) < 4.78 is 0. The van der Waals surface area contributed by atoms with Crippen LogP contribution in [0.2, 0.25) is 0 Å². The highest BCUT2D eigenvalue weighted by molar-refractivity contribution is 6.24. The molecule has 1 saturated heterocycles. The second kappa shape index (κ2) is 9.46. The number of fused-ring (bicyclic) bond motifs is 3. The third-order valence-corrected chi connectivity index (χ3v) is 9.45. The van der Waals surface area contributed by atoms with Crippen molar-refractivity contribution in [2.24, 2.45) is 23.5 Å². The van der Waals surface area contributed by atoms with Crippen molar-refractivity contribution in [3.63, 3.8) is 0 Å². The Balaban J connectivity index is 1.69. The fourth-order valence-electron chi connectivity index (χ4n) is 7.63. The molecule has 6 atom stereocenters. The van der Waals surface area contributed by atoms with Crippen LogP contribution in [0.4, 0.5) is 0 Å². The summed E-state index contributed by atoms with van der Waals surface area (Å²) in [5.74, 6) is -7.38. The average Bonchev–Trinajstić information content (AvgIpc) is 2.87. The summed E-state index contributed by atoms with van der Waals surface area (Å²) in [6.07, 6.45) is 3.32. The van der Waals surface area contributed by atoms with Gasteiger partial charge in [0.15, 0.2) is 11.4 Å². The van der Waals surface area contributed by atoms with Gasteiger partial charge in [0.05, 0.1) is 11.6 Å². The molecule has 4 aliphatic rings. The molecule has 2 fully saturated rings. The van der Waals surface area contributed by atoms with Crippen molar-refractivity contribution in [2.45, 2.75) is 57.2 Å². The lowest BCUT2D eigenvalue weighted by Crippen LogP contribution is -2.68. The molecule has 3 aliphatic carbocycles. The smallest absolute Gasteiger partial charge is 0.255 e. The Morgan fingerprint density at radius 1 is 1.10 bits per heavy atom. The number of nitrogens with two attached hydrogens (primary N) is 1. The fraction of sp³-hybridized carbons (Fsp3) is 0.552. The molecule has 1 saturated carbocycles. The van der Waals surface area contributed by atoms with Crippen molar-refractivity contribution >= 4 is 23.2 Å². The molecule has 1 amide bonds. The fourth-order valence-corrected chi connectivity index (χ4v) is 7.63. The average molecular weight is 540 g/mol. The highest BCUT2D eigenvalue weighted by atomic mass is 16.3. The number of likely N-dealkylation sites (N-methyl/N-ethyl adjacent to an activating group) is 1. The zero-order chi connectivity index (χ0) is 28.5. The van der Waals surface area contributed by atoms with Gasteiger partial charge in [0, 0.05) is 29.5 Å². The molecule has 6 N–H and O–H groups in total. The van der Waals surface area contributed by atoms with Crippen molar-refractivity contribution in [1.29, 1.82) is 0 Å². The molecule has 10 nitrogen and oxygen atoms in total. The van der Waals surface area contributed by atoms with Crippen LogP contribution in [-0.2, 0) is 20.9 Å². The van der Waals surface area contributed by atoms with Gasteiger partial charge in [0.25, 0.3) is 5.91 Å². The SMILES string of the molecule is C[C@H]1[C@H]2C(=C(O)c3c(ccc(CN4CCCCC4)c3O)[C@@H]2C)C(=O)[C@]2(O)C(O)=C(C(N)=O)C(=O)[C@@H](N(C)C)[C@H]12. The Labute approximate surface area is 227 Å². The number of rotatable bonds is 4. The van der Waals surface area contributed by atoms with Gasteiger partial charge in [-0.2, -0.15) is 0 Å². The number of Topliss-reactive ketones (excluding diaryl/α,β-unsaturated/α-hetero) is 2. The predicted octanol–water partition coefficient (Wildman–Crippen LogP) is 1.76. The molecule has 210 valence electrons. The largest absolute Gasteiger partial charge is 0.508 e. The zero-order valence-corrected chi connectivity index (χ0v) is 22.8. The second-order valence-corrected chi connectivity index (χ2v) is 11.8. The molecule has 5 rings (SSSR count). The van der Waals surface area contributed by atoms with Crippen molar-refractivity contribution < 1.29 is 34.8 Å². The number of benzene rings is 1. The number of hydrogen-bond acceptors (Lipinski definition) is 9. The van der Waals surface area contributed by atoms with Gasteiger partial charge in [0.2, 0.25) is 5.78 Å². The standard InChI is InChI=1S/C29H37N3O7/c1-13-16-9-8-15(12-32-10-6-5-7-11-32)23(33)18(16)24(34)19-17(13)14(2)21-22(31(3)4)25(35)20(28(30)38)27(37)29(21,39)26(19)36/h8-9,13-14,17,21-22,33-34,37,39H,5-7,10-12H2,1-4H3,(H2,30,38)/t13-,14-,17-,21-,22-,29-/m0/s1. The molecule has 0 radical (unpaired) electrons. The number of likely N-dealkylation sites (tertiary alicyclic amines) is 1. The number of carbonyl (C=O) groups excluding carboxylic acids is 3. The summed E-state index contributed by atoms with van der Waals surface area (Å²) in [7, 11) is 3.18. The minimum Gasteiger partial charge on any atom is -0.508 e. The van der Waals surface area contributed by atoms with E-state index in [-0.39, 0.29) is 22.8 Å². The van der Waals surface area contributed by atoms with Crippen LogP contribution in [0.1, 0.15) is 55.7 Å². The predicted molar refractivity (Wildman–Crippen MR) is 143 cm³/mol. The number of aromatic hydroxyl groups is 1. The van der Waals surface area contributed by atoms with Crippen molar-refractivity contribution in [3.05, 3.63) is 45.7 Å². The number of phenolic OH excluding ortho intramolecular Hbond substituents is 1. The van der Waals surface area contributed by atoms with E-state index in [9.17, 15) is 34.8 Å². The molecule has 1 heterocycles. The normalized spacial score (nSPS) is 33.2. The van der Waals surface area contributed by atoms with Gasteiger partial charge in [-0.15, -0.1) is 0 Å². The molecule has 1 aromatic rings. The highest BCUT2D eigenvalue weighted by Crippen LogP contribution is 2.58. The molecule has 0 spiro atoms. The highest BCUT2D eigenvalue weighted by Gasteiger charge is 2.67. The molecule has 39 heavy (non-hydrogen) atoms. The van der Waals surface area contributed by atoms with Gasteiger partial charge in [-0.25, -0.2) is 0 Å². The van der Waals surface area contributed by atoms with Crippen molar-refractivity contribution in [1.82, 2.24) is 9.80 Å². The number of phenols is 1. The maximum absolute atomic E-state index is 14.2. The second-order valence-electron chi connectivity index (χ2n) is 11.8. The molecule has 0 bridgehead atoms. The van der Waals surface area contributed by atoms with Crippen LogP contribution >= 0.6 is 0 Å². The van der Waals surface area contributed by atoms with E-state index in [4.69, 9.17) is 5.73 Å². The van der Waals surface area contributed by atoms with E-state index < -0.39 is 64.0 Å². The van der Waals surface area contributed by atoms with E-state index in [2.05, 4.69) is 4.90 Å². The molecule has 1 aromatic carbocycles. The molecule has 0 unspecified atom stereocenters. The number of hydrogen-bond donors (Lipinski definition) is 5. The van der Waals surface area contributed by atoms with Crippen LogP contribution in [0.15, 0.2) is 29.0 Å². The van der Waals surface area contributed by atoms with Gasteiger partial charge in [0.1, 0.15) is 22.8 Å². The maximum atomic E-state index is 14.2. The Hall–Kier alpha value is -3.21. The first kappa shape index (κ1) is 27.4. The lowest BCUT2D eigenvalue weighted by Gasteiger charge is -2.54. The van der Waals surface area contributed by atoms with Crippen LogP contribution < -0.4 is 5.73 Å². The zero-order valence-electron chi connectivity index (χ0n) is 22.8. The topological polar surface area (TPSA) is 165 Å². The number of primary amides is 1. The number of aliphatic hydroxyl groups excluding tert-OH is 2. The summed E-state index contributed by atoms with van der Waals surface area (Å²) >= 11 is 0. The summed E-state index contributed by atoms with van der Waals surface area (Å²) in [4.78, 5) is 43.4. The van der Waals surface area contributed by atoms with Crippen LogP contribution in [0, 0.1) is 17.8 Å². The molecule has 0 aromatic heterocycles. The van der Waals surface area contributed by atoms with Gasteiger partial charge < -0.3 is 26.2 Å². The van der Waals surface area contributed by atoms with E-state index in [1.807, 2.05) is 19.1 Å². The summed E-state index contributed by atoms with van der Waals surface area (Å²) in [6.45, 7) is 5.96. The van der Waals surface area contributed by atoms with E-state index in [1.54, 1.807) is 21.0 Å². The van der Waals surface area contributed by atoms with Crippen LogP contribution in [-0.4, -0.2) is 86.5 Å². The number of amides is 1. The number of piperidine rings is 1. The minimum absolute atomic E-state index is 0.120. The van der Waals surface area contributed by atoms with Crippen molar-refractivity contribution in [2.75, 3.05) is 27.2 Å². The third-order valence-electron chi connectivity index (χ3n) is 9.45. The van der Waals surface area contributed by atoms with Gasteiger partial charge >= 0.3 is 0 Å². The number of nitrogens with zero attached hydrogens (tertiary/aromatic N) is 2. The Bertz CT molecular complexity index is 1330. The number of ketones is 2. The van der Waals surface area contributed by atoms with E-state index >= 15 is 0 Å². The quantitative estimate of drug-likeness (QED) is 0.359. The summed E-state index contributed by atoms with van der Waals surface area (Å²) in [6, 6.07) is 2.59. The van der Waals surface area contributed by atoms with E-state index in [0.29, 0.717) is 17.7 Å². The summed E-state index contributed by atoms with van der Waals surface area (Å²) in [5.41, 5.74) is 3.22. The Kier molecular flexibility index (Phi) is 6.64. The minimum atomic E-state index is -2.66. The van der Waals surface area contributed by atoms with E-state index in [1.165, 1.54) is 11.3 Å².